The maximum Gasteiger partial charge on any atom is 0.246 e. The van der Waals surface area contributed by atoms with E-state index in [0.717, 1.165) is 18.2 Å². The fourth-order valence-corrected chi connectivity index (χ4v) is 2.35. The van der Waals surface area contributed by atoms with Crippen molar-refractivity contribution in [1.29, 1.82) is 0 Å². The van der Waals surface area contributed by atoms with E-state index in [2.05, 4.69) is 4.72 Å². The van der Waals surface area contributed by atoms with Gasteiger partial charge in [-0.25, -0.2) is 21.9 Å². The summed E-state index contributed by atoms with van der Waals surface area (Å²) in [5, 5.41) is 0. The van der Waals surface area contributed by atoms with Gasteiger partial charge in [-0.3, -0.25) is 0 Å². The molecule has 1 N–H and O–H groups in total. The second-order valence-corrected chi connectivity index (χ2v) is 4.85. The molecule has 0 aliphatic heterocycles. The molecule has 1 aromatic carbocycles. The number of rotatable bonds is 6. The highest BCUT2D eigenvalue weighted by Gasteiger charge is 2.22. The minimum atomic E-state index is -4.18. The van der Waals surface area contributed by atoms with E-state index >= 15 is 0 Å². The van der Waals surface area contributed by atoms with Crippen LogP contribution in [0.1, 0.15) is 6.92 Å². The number of benzene rings is 1. The minimum absolute atomic E-state index is 0.0378. The molecule has 0 atom stereocenters. The Hall–Kier alpha value is -1.05. The van der Waals surface area contributed by atoms with Crippen LogP contribution >= 0.6 is 0 Å². The molecule has 0 aromatic heterocycles. The predicted molar refractivity (Wildman–Crippen MR) is 58.0 cm³/mol. The van der Waals surface area contributed by atoms with Crippen LogP contribution in [0, 0.1) is 11.6 Å². The third kappa shape index (κ3) is 3.72. The summed E-state index contributed by atoms with van der Waals surface area (Å²) in [6.45, 7) is 2.30. The summed E-state index contributed by atoms with van der Waals surface area (Å²) in [5.41, 5.74) is 0. The molecular weight excluding hydrogens is 252 g/mol. The number of ether oxygens (including phenoxy) is 1. The maximum absolute atomic E-state index is 13.2. The van der Waals surface area contributed by atoms with Crippen LogP contribution in [0.5, 0.6) is 0 Å². The topological polar surface area (TPSA) is 55.4 Å². The molecule has 0 spiro atoms. The van der Waals surface area contributed by atoms with Crippen molar-refractivity contribution < 1.29 is 21.9 Å². The van der Waals surface area contributed by atoms with Gasteiger partial charge in [0.25, 0.3) is 0 Å². The lowest BCUT2D eigenvalue weighted by atomic mass is 10.3. The zero-order valence-electron chi connectivity index (χ0n) is 9.24. The molecule has 1 aromatic rings. The van der Waals surface area contributed by atoms with Crippen LogP contribution in [0.3, 0.4) is 0 Å². The zero-order valence-corrected chi connectivity index (χ0v) is 10.1. The van der Waals surface area contributed by atoms with Crippen molar-refractivity contribution >= 4 is 10.0 Å². The first-order valence-electron chi connectivity index (χ1n) is 5.00. The van der Waals surface area contributed by atoms with Gasteiger partial charge in [0.05, 0.1) is 6.61 Å². The summed E-state index contributed by atoms with van der Waals surface area (Å²) < 4.78 is 56.6. The summed E-state index contributed by atoms with van der Waals surface area (Å²) in [6.07, 6.45) is 0. The standard InChI is InChI=1S/C10H13F2NO3S/c1-2-16-7-6-13-17(14,15)10-8(11)4-3-5-9(10)12/h3-5,13H,2,6-7H2,1H3. The highest BCUT2D eigenvalue weighted by Crippen LogP contribution is 2.17. The molecule has 0 radical (unpaired) electrons. The highest BCUT2D eigenvalue weighted by atomic mass is 32.2. The SMILES string of the molecule is CCOCCNS(=O)(=O)c1c(F)cccc1F. The number of hydrogen-bond acceptors (Lipinski definition) is 3. The molecule has 0 bridgehead atoms. The molecule has 0 heterocycles. The van der Waals surface area contributed by atoms with E-state index in [1.54, 1.807) is 6.92 Å². The van der Waals surface area contributed by atoms with Gasteiger partial charge >= 0.3 is 0 Å². The van der Waals surface area contributed by atoms with Crippen LogP contribution in [-0.2, 0) is 14.8 Å². The summed E-state index contributed by atoms with van der Waals surface area (Å²) in [6, 6.07) is 2.88. The van der Waals surface area contributed by atoms with Gasteiger partial charge in [0.15, 0.2) is 4.90 Å². The molecule has 0 fully saturated rings. The number of hydrogen-bond donors (Lipinski definition) is 1. The average molecular weight is 265 g/mol. The van der Waals surface area contributed by atoms with E-state index in [1.807, 2.05) is 0 Å². The van der Waals surface area contributed by atoms with E-state index in [0.29, 0.717) is 6.61 Å². The molecule has 0 aliphatic carbocycles. The van der Waals surface area contributed by atoms with E-state index in [1.165, 1.54) is 0 Å². The van der Waals surface area contributed by atoms with Gasteiger partial charge in [0.2, 0.25) is 10.0 Å². The average Bonchev–Trinajstić information content (AvgIpc) is 2.24. The van der Waals surface area contributed by atoms with Crippen molar-refractivity contribution in [1.82, 2.24) is 4.72 Å². The molecule has 1 rings (SSSR count). The molecule has 17 heavy (non-hydrogen) atoms. The summed E-state index contributed by atoms with van der Waals surface area (Å²) in [5.74, 6) is -2.23. The van der Waals surface area contributed by atoms with Gasteiger partial charge in [-0.2, -0.15) is 0 Å². The molecule has 0 aliphatic rings. The highest BCUT2D eigenvalue weighted by molar-refractivity contribution is 7.89. The largest absolute Gasteiger partial charge is 0.380 e. The van der Waals surface area contributed by atoms with Gasteiger partial charge in [-0.15, -0.1) is 0 Å². The van der Waals surface area contributed by atoms with E-state index < -0.39 is 26.6 Å². The van der Waals surface area contributed by atoms with Crippen molar-refractivity contribution in [2.24, 2.45) is 0 Å². The fourth-order valence-electron chi connectivity index (χ4n) is 1.20. The normalized spacial score (nSPS) is 11.7. The second-order valence-electron chi connectivity index (χ2n) is 3.15. The second kappa shape index (κ2) is 6.04. The molecule has 0 unspecified atom stereocenters. The Bertz CT molecular complexity index is 456. The molecule has 7 heteroatoms. The zero-order chi connectivity index (χ0) is 12.9. The third-order valence-corrected chi connectivity index (χ3v) is 3.44. The summed E-state index contributed by atoms with van der Waals surface area (Å²) >= 11 is 0. The van der Waals surface area contributed by atoms with Crippen molar-refractivity contribution in [2.45, 2.75) is 11.8 Å². The quantitative estimate of drug-likeness (QED) is 0.788. The van der Waals surface area contributed by atoms with Crippen molar-refractivity contribution in [3.05, 3.63) is 29.8 Å². The first-order chi connectivity index (χ1) is 7.99. The molecule has 0 saturated heterocycles. The Morgan fingerprint density at radius 3 is 2.41 bits per heavy atom. The molecule has 96 valence electrons. The van der Waals surface area contributed by atoms with Crippen LogP contribution < -0.4 is 4.72 Å². The Morgan fingerprint density at radius 1 is 1.29 bits per heavy atom. The van der Waals surface area contributed by atoms with Crippen molar-refractivity contribution in [2.75, 3.05) is 19.8 Å². The van der Waals surface area contributed by atoms with Crippen LogP contribution in [0.15, 0.2) is 23.1 Å². The Morgan fingerprint density at radius 2 is 1.88 bits per heavy atom. The summed E-state index contributed by atoms with van der Waals surface area (Å²) in [7, 11) is -4.18. The van der Waals surface area contributed by atoms with Crippen molar-refractivity contribution in [3.8, 4) is 0 Å². The van der Waals surface area contributed by atoms with Crippen LogP contribution in [0.25, 0.3) is 0 Å². The molecular formula is C10H13F2NO3S. The molecule has 0 saturated carbocycles. The predicted octanol–water partition coefficient (Wildman–Crippen LogP) is 1.28. The first kappa shape index (κ1) is 14.0. The van der Waals surface area contributed by atoms with Crippen molar-refractivity contribution in [3.63, 3.8) is 0 Å². The smallest absolute Gasteiger partial charge is 0.246 e. The number of sulfonamides is 1. The lowest BCUT2D eigenvalue weighted by Gasteiger charge is -2.08. The molecule has 4 nitrogen and oxygen atoms in total. The minimum Gasteiger partial charge on any atom is -0.380 e. The Kier molecular flexibility index (Phi) is 4.98. The van der Waals surface area contributed by atoms with Gasteiger partial charge < -0.3 is 4.74 Å². The maximum atomic E-state index is 13.2. The summed E-state index contributed by atoms with van der Waals surface area (Å²) in [4.78, 5) is -0.962. The molecule has 0 amide bonds. The van der Waals surface area contributed by atoms with Gasteiger partial charge in [-0.05, 0) is 19.1 Å². The first-order valence-corrected chi connectivity index (χ1v) is 6.48. The Balaban J connectivity index is 2.83. The van der Waals surface area contributed by atoms with Crippen LogP contribution in [-0.4, -0.2) is 28.2 Å². The lowest BCUT2D eigenvalue weighted by molar-refractivity contribution is 0.153. The third-order valence-electron chi connectivity index (χ3n) is 1.93. The number of nitrogens with one attached hydrogen (secondary N) is 1. The van der Waals surface area contributed by atoms with E-state index in [-0.39, 0.29) is 13.2 Å². The van der Waals surface area contributed by atoms with Gasteiger partial charge in [-0.1, -0.05) is 6.07 Å². The van der Waals surface area contributed by atoms with Gasteiger partial charge in [0.1, 0.15) is 11.6 Å². The van der Waals surface area contributed by atoms with Crippen LogP contribution in [0.2, 0.25) is 0 Å². The van der Waals surface area contributed by atoms with E-state index in [9.17, 15) is 17.2 Å². The number of halogens is 2. The van der Waals surface area contributed by atoms with E-state index in [4.69, 9.17) is 4.74 Å². The van der Waals surface area contributed by atoms with Gasteiger partial charge in [0, 0.05) is 13.2 Å². The monoisotopic (exact) mass is 265 g/mol. The fraction of sp³-hybridized carbons (Fsp3) is 0.400. The Labute approximate surface area is 98.6 Å². The lowest BCUT2D eigenvalue weighted by Crippen LogP contribution is -2.29. The van der Waals surface area contributed by atoms with Crippen LogP contribution in [0.4, 0.5) is 8.78 Å².